The van der Waals surface area contributed by atoms with E-state index in [4.69, 9.17) is 14.2 Å². The van der Waals surface area contributed by atoms with Crippen LogP contribution in [0.3, 0.4) is 0 Å². The quantitative estimate of drug-likeness (QED) is 0.254. The number of rotatable bonds is 12. The Morgan fingerprint density at radius 3 is 2.29 bits per heavy atom. The van der Waals surface area contributed by atoms with Crippen LogP contribution in [0.1, 0.15) is 58.3 Å². The Morgan fingerprint density at radius 1 is 0.886 bits per heavy atom. The van der Waals surface area contributed by atoms with Crippen LogP contribution < -0.4 is 9.47 Å². The maximum absolute atomic E-state index is 14.0. The number of nitrogens with zero attached hydrogens (tertiary/aromatic N) is 2. The van der Waals surface area contributed by atoms with Crippen LogP contribution in [0, 0.1) is 0 Å². The fourth-order valence-electron chi connectivity index (χ4n) is 4.07. The van der Waals surface area contributed by atoms with Crippen LogP contribution in [0.5, 0.6) is 11.5 Å². The van der Waals surface area contributed by atoms with Crippen molar-refractivity contribution in [3.63, 3.8) is 0 Å². The summed E-state index contributed by atoms with van der Waals surface area (Å²) in [5, 5.41) is 0. The Hall–Kier alpha value is -2.99. The van der Waals surface area contributed by atoms with Crippen molar-refractivity contribution in [3.05, 3.63) is 60.9 Å². The molecule has 0 spiro atoms. The summed E-state index contributed by atoms with van der Waals surface area (Å²) in [6.45, 7) is 3.01. The molecule has 0 radical (unpaired) electrons. The zero-order chi connectivity index (χ0) is 24.3. The average Bonchev–Trinajstić information content (AvgIpc) is 2.91. The van der Waals surface area contributed by atoms with Crippen LogP contribution in [0.15, 0.2) is 60.9 Å². The first-order valence-corrected chi connectivity index (χ1v) is 12.8. The van der Waals surface area contributed by atoms with E-state index >= 15 is 0 Å². The Labute approximate surface area is 207 Å². The van der Waals surface area contributed by atoms with Gasteiger partial charge in [-0.1, -0.05) is 44.7 Å². The van der Waals surface area contributed by atoms with Gasteiger partial charge in [0.2, 0.25) is 0 Å². The van der Waals surface area contributed by atoms with Gasteiger partial charge < -0.3 is 14.2 Å². The molecule has 1 fully saturated rings. The zero-order valence-corrected chi connectivity index (χ0v) is 20.5. The summed E-state index contributed by atoms with van der Waals surface area (Å²) in [4.78, 5) is 9.07. The molecule has 1 saturated heterocycles. The van der Waals surface area contributed by atoms with Gasteiger partial charge in [0, 0.05) is 29.9 Å². The lowest BCUT2D eigenvalue weighted by Gasteiger charge is -2.23. The van der Waals surface area contributed by atoms with Crippen LogP contribution in [0.4, 0.5) is 4.39 Å². The highest BCUT2D eigenvalue weighted by Gasteiger charge is 2.15. The fraction of sp³-hybridized carbons (Fsp3) is 0.448. The van der Waals surface area contributed by atoms with Crippen molar-refractivity contribution in [1.82, 2.24) is 9.97 Å². The third-order valence-electron chi connectivity index (χ3n) is 6.16. The lowest BCUT2D eigenvalue weighted by atomic mass is 10.1. The number of halogens is 1. The van der Waals surface area contributed by atoms with Crippen LogP contribution in [-0.4, -0.2) is 35.6 Å². The van der Waals surface area contributed by atoms with E-state index in [-0.39, 0.29) is 12.9 Å². The van der Waals surface area contributed by atoms with E-state index in [0.717, 1.165) is 74.0 Å². The molecular weight excluding hydrogens is 443 g/mol. The average molecular weight is 479 g/mol. The molecule has 6 heteroatoms. The van der Waals surface area contributed by atoms with Crippen LogP contribution in [0.2, 0.25) is 0 Å². The van der Waals surface area contributed by atoms with E-state index in [9.17, 15) is 4.39 Å². The SMILES string of the molecule is CCCCCCC(F)COc1ccc(-c2cnc(-c3ccc(OC4CCCCO4)cc3)nc2)cc1. The lowest BCUT2D eigenvalue weighted by molar-refractivity contribution is -0.105. The van der Waals surface area contributed by atoms with Crippen molar-refractivity contribution in [1.29, 1.82) is 0 Å². The predicted octanol–water partition coefficient (Wildman–Crippen LogP) is 7.40. The summed E-state index contributed by atoms with van der Waals surface area (Å²) >= 11 is 0. The van der Waals surface area contributed by atoms with Crippen molar-refractivity contribution in [2.75, 3.05) is 13.2 Å². The van der Waals surface area contributed by atoms with Crippen LogP contribution in [-0.2, 0) is 4.74 Å². The molecular formula is C29H35FN2O3. The van der Waals surface area contributed by atoms with Gasteiger partial charge >= 0.3 is 0 Å². The van der Waals surface area contributed by atoms with Crippen molar-refractivity contribution < 1.29 is 18.6 Å². The summed E-state index contributed by atoms with van der Waals surface area (Å²) in [6, 6.07) is 15.4. The molecule has 0 aliphatic carbocycles. The molecule has 4 rings (SSSR count). The molecule has 2 unspecified atom stereocenters. The molecule has 0 saturated carbocycles. The highest BCUT2D eigenvalue weighted by atomic mass is 19.1. The molecule has 186 valence electrons. The normalized spacial score (nSPS) is 16.6. The van der Waals surface area contributed by atoms with Gasteiger partial charge in [0.25, 0.3) is 0 Å². The second-order valence-corrected chi connectivity index (χ2v) is 9.02. The minimum atomic E-state index is -0.923. The van der Waals surface area contributed by atoms with Gasteiger partial charge in [-0.3, -0.25) is 0 Å². The number of alkyl halides is 1. The van der Waals surface area contributed by atoms with Crippen molar-refractivity contribution in [3.8, 4) is 34.0 Å². The molecule has 35 heavy (non-hydrogen) atoms. The summed E-state index contributed by atoms with van der Waals surface area (Å²) in [5.74, 6) is 2.11. The fourth-order valence-corrected chi connectivity index (χ4v) is 4.07. The van der Waals surface area contributed by atoms with Gasteiger partial charge in [0.15, 0.2) is 12.1 Å². The van der Waals surface area contributed by atoms with Gasteiger partial charge in [-0.15, -0.1) is 0 Å². The second kappa shape index (κ2) is 13.2. The highest BCUT2D eigenvalue weighted by molar-refractivity contribution is 5.64. The Morgan fingerprint density at radius 2 is 1.60 bits per heavy atom. The highest BCUT2D eigenvalue weighted by Crippen LogP contribution is 2.25. The molecule has 2 atom stereocenters. The predicted molar refractivity (Wildman–Crippen MR) is 136 cm³/mol. The molecule has 5 nitrogen and oxygen atoms in total. The largest absolute Gasteiger partial charge is 0.491 e. The van der Waals surface area contributed by atoms with Gasteiger partial charge in [0.05, 0.1) is 6.61 Å². The summed E-state index contributed by atoms with van der Waals surface area (Å²) < 4.78 is 31.2. The van der Waals surface area contributed by atoms with E-state index in [1.54, 1.807) is 0 Å². The molecule has 1 aliphatic heterocycles. The number of unbranched alkanes of at least 4 members (excludes halogenated alkanes) is 3. The third-order valence-corrected chi connectivity index (χ3v) is 6.16. The van der Waals surface area contributed by atoms with E-state index < -0.39 is 6.17 Å². The second-order valence-electron chi connectivity index (χ2n) is 9.02. The summed E-state index contributed by atoms with van der Waals surface area (Å²) in [5.41, 5.74) is 2.82. The maximum Gasteiger partial charge on any atom is 0.199 e. The number of benzene rings is 2. The molecule has 0 amide bonds. The molecule has 2 aromatic carbocycles. The minimum absolute atomic E-state index is 0.0980. The van der Waals surface area contributed by atoms with Crippen molar-refractivity contribution in [2.45, 2.75) is 70.8 Å². The topological polar surface area (TPSA) is 53.5 Å². The van der Waals surface area contributed by atoms with E-state index in [1.165, 1.54) is 0 Å². The number of aromatic nitrogens is 2. The van der Waals surface area contributed by atoms with E-state index in [0.29, 0.717) is 18.0 Å². The van der Waals surface area contributed by atoms with Gasteiger partial charge in [-0.25, -0.2) is 14.4 Å². The Kier molecular flexibility index (Phi) is 9.47. The van der Waals surface area contributed by atoms with Gasteiger partial charge in [-0.2, -0.15) is 0 Å². The summed E-state index contributed by atoms with van der Waals surface area (Å²) in [7, 11) is 0. The molecule has 2 heterocycles. The third kappa shape index (κ3) is 7.76. The monoisotopic (exact) mass is 478 g/mol. The van der Waals surface area contributed by atoms with Gasteiger partial charge in [-0.05, 0) is 61.2 Å². The molecule has 1 aromatic heterocycles. The Balaban J connectivity index is 1.28. The van der Waals surface area contributed by atoms with Crippen LogP contribution in [0.25, 0.3) is 22.5 Å². The lowest BCUT2D eigenvalue weighted by Crippen LogP contribution is -2.24. The van der Waals surface area contributed by atoms with E-state index in [2.05, 4.69) is 16.9 Å². The standard InChI is InChI=1S/C29H35FN2O3/c1-2-3-4-5-8-25(30)21-34-26-14-10-22(11-15-26)24-19-31-29(32-20-24)23-12-16-27(17-13-23)35-28-9-6-7-18-33-28/h10-17,19-20,25,28H,2-9,18,21H2,1H3. The zero-order valence-electron chi connectivity index (χ0n) is 20.5. The van der Waals surface area contributed by atoms with Crippen LogP contribution >= 0.6 is 0 Å². The minimum Gasteiger partial charge on any atom is -0.491 e. The number of hydrogen-bond donors (Lipinski definition) is 0. The van der Waals surface area contributed by atoms with Crippen molar-refractivity contribution >= 4 is 0 Å². The number of ether oxygens (including phenoxy) is 3. The Bertz CT molecular complexity index is 1000. The van der Waals surface area contributed by atoms with Gasteiger partial charge in [0.1, 0.15) is 24.3 Å². The van der Waals surface area contributed by atoms with Crippen molar-refractivity contribution in [2.24, 2.45) is 0 Å². The first-order chi connectivity index (χ1) is 17.2. The van der Waals surface area contributed by atoms with E-state index in [1.807, 2.05) is 60.9 Å². The molecule has 0 N–H and O–H groups in total. The number of hydrogen-bond acceptors (Lipinski definition) is 5. The molecule has 1 aliphatic rings. The smallest absolute Gasteiger partial charge is 0.199 e. The summed E-state index contributed by atoms with van der Waals surface area (Å²) in [6.07, 6.45) is 10.6. The first-order valence-electron chi connectivity index (χ1n) is 12.8. The maximum atomic E-state index is 14.0. The molecule has 3 aromatic rings. The first kappa shape index (κ1) is 25.1. The molecule has 0 bridgehead atoms.